The van der Waals surface area contributed by atoms with Crippen LogP contribution >= 0.6 is 17.5 Å². The van der Waals surface area contributed by atoms with Crippen LogP contribution in [0.5, 0.6) is 0 Å². The molecule has 0 fully saturated rings. The lowest BCUT2D eigenvalue weighted by Crippen LogP contribution is -2.18. The topological polar surface area (TPSA) is 15.3 Å². The molecule has 0 saturated heterocycles. The van der Waals surface area contributed by atoms with E-state index in [0.29, 0.717) is 0 Å². The van der Waals surface area contributed by atoms with Crippen molar-refractivity contribution in [1.29, 1.82) is 0 Å². The fourth-order valence-corrected chi connectivity index (χ4v) is 1.16. The molecule has 0 saturated carbocycles. The normalized spacial score (nSPS) is 13.3. The van der Waals surface area contributed by atoms with Crippen molar-refractivity contribution in [3.8, 4) is 0 Å². The molecule has 0 bridgehead atoms. The average molecular weight is 166 g/mol. The van der Waals surface area contributed by atoms with Gasteiger partial charge < -0.3 is 0 Å². The first-order valence-electron chi connectivity index (χ1n) is 3.09. The van der Waals surface area contributed by atoms with Crippen molar-refractivity contribution in [3.63, 3.8) is 0 Å². The fraction of sp³-hybridized carbons (Fsp3) is 1.00. The molecule has 0 aromatic heterocycles. The van der Waals surface area contributed by atoms with Gasteiger partial charge in [0.2, 0.25) is 0 Å². The van der Waals surface area contributed by atoms with Gasteiger partial charge in [-0.15, -0.1) is 0 Å². The van der Waals surface area contributed by atoms with Gasteiger partial charge in [-0.1, -0.05) is 17.5 Å². The molecule has 0 aliphatic heterocycles. The molecule has 0 aliphatic carbocycles. The summed E-state index contributed by atoms with van der Waals surface area (Å²) in [6.45, 7) is 6.67. The standard InChI is InChI=1S/C5H16N2P2/c1-7(9-3)5-4-6-8-2/h6,8-9H,4-5H2,1-3H3. The Hall–Kier alpha value is 0.780. The molecule has 56 valence electrons. The van der Waals surface area contributed by atoms with Gasteiger partial charge in [-0.2, -0.15) is 0 Å². The predicted octanol–water partition coefficient (Wildman–Crippen LogP) is 0.954. The molecule has 0 spiro atoms. The van der Waals surface area contributed by atoms with Crippen molar-refractivity contribution < 1.29 is 0 Å². The summed E-state index contributed by atoms with van der Waals surface area (Å²) < 4.78 is 2.33. The molecule has 0 aliphatic rings. The number of nitrogens with zero attached hydrogens (tertiary/aromatic N) is 1. The molecule has 1 N–H and O–H groups in total. The first-order chi connectivity index (χ1) is 4.31. The van der Waals surface area contributed by atoms with Crippen molar-refractivity contribution in [3.05, 3.63) is 0 Å². The van der Waals surface area contributed by atoms with Crippen molar-refractivity contribution >= 4 is 17.5 Å². The second-order valence-corrected chi connectivity index (χ2v) is 3.89. The van der Waals surface area contributed by atoms with Gasteiger partial charge in [-0.3, -0.25) is 9.76 Å². The summed E-state index contributed by atoms with van der Waals surface area (Å²) >= 11 is 0. The Kier molecular flexibility index (Phi) is 7.49. The molecule has 0 aromatic rings. The Balaban J connectivity index is 2.88. The fourth-order valence-electron chi connectivity index (χ4n) is 0.460. The Morgan fingerprint density at radius 2 is 2.11 bits per heavy atom. The van der Waals surface area contributed by atoms with E-state index in [0.717, 1.165) is 24.0 Å². The maximum Gasteiger partial charge on any atom is 0.0144 e. The van der Waals surface area contributed by atoms with Crippen LogP contribution in [0.1, 0.15) is 0 Å². The molecule has 2 atom stereocenters. The van der Waals surface area contributed by atoms with Crippen LogP contribution in [-0.2, 0) is 0 Å². The van der Waals surface area contributed by atoms with E-state index in [-0.39, 0.29) is 0 Å². The quantitative estimate of drug-likeness (QED) is 0.483. The smallest absolute Gasteiger partial charge is 0.0144 e. The zero-order valence-electron chi connectivity index (χ0n) is 6.36. The monoisotopic (exact) mass is 166 g/mol. The van der Waals surface area contributed by atoms with E-state index >= 15 is 0 Å². The van der Waals surface area contributed by atoms with Gasteiger partial charge in [0, 0.05) is 13.1 Å². The third kappa shape index (κ3) is 6.67. The van der Waals surface area contributed by atoms with Crippen molar-refractivity contribution in [2.75, 3.05) is 33.5 Å². The Bertz CT molecular complexity index is 60.9. The third-order valence-corrected chi connectivity index (χ3v) is 2.72. The predicted molar refractivity (Wildman–Crippen MR) is 49.1 cm³/mol. The number of hydrogen-bond acceptors (Lipinski definition) is 2. The van der Waals surface area contributed by atoms with E-state index in [4.69, 9.17) is 0 Å². The van der Waals surface area contributed by atoms with Crippen molar-refractivity contribution in [1.82, 2.24) is 9.76 Å². The van der Waals surface area contributed by atoms with E-state index in [9.17, 15) is 0 Å². The van der Waals surface area contributed by atoms with Crippen LogP contribution in [-0.4, -0.2) is 38.1 Å². The minimum atomic E-state index is 0.885. The minimum absolute atomic E-state index is 0.885. The van der Waals surface area contributed by atoms with Gasteiger partial charge in [0.05, 0.1) is 0 Å². The molecule has 2 unspecified atom stereocenters. The first kappa shape index (κ1) is 9.78. The SMILES string of the molecule is CPNCCN(C)PC. The summed E-state index contributed by atoms with van der Waals surface area (Å²) in [4.78, 5) is 0. The van der Waals surface area contributed by atoms with E-state index in [1.807, 2.05) is 0 Å². The average Bonchev–Trinajstić information content (AvgIpc) is 1.89. The minimum Gasteiger partial charge on any atom is -0.297 e. The summed E-state index contributed by atoms with van der Waals surface area (Å²) in [6.07, 6.45) is 0. The van der Waals surface area contributed by atoms with Gasteiger partial charge in [-0.05, 0) is 20.4 Å². The molecule has 0 amide bonds. The van der Waals surface area contributed by atoms with Gasteiger partial charge in [-0.25, -0.2) is 0 Å². The van der Waals surface area contributed by atoms with Gasteiger partial charge in [0.25, 0.3) is 0 Å². The van der Waals surface area contributed by atoms with Crippen LogP contribution in [0.3, 0.4) is 0 Å². The molecule has 0 rings (SSSR count). The maximum absolute atomic E-state index is 3.30. The summed E-state index contributed by atoms with van der Waals surface area (Å²) in [6, 6.07) is 0. The van der Waals surface area contributed by atoms with Crippen LogP contribution in [0.25, 0.3) is 0 Å². The lowest BCUT2D eigenvalue weighted by molar-refractivity contribution is 0.560. The summed E-state index contributed by atoms with van der Waals surface area (Å²) in [5.41, 5.74) is 0. The zero-order chi connectivity index (χ0) is 7.11. The second-order valence-electron chi connectivity index (χ2n) is 1.82. The lowest BCUT2D eigenvalue weighted by atomic mass is 10.7. The highest BCUT2D eigenvalue weighted by atomic mass is 31.1. The third-order valence-electron chi connectivity index (χ3n) is 1.13. The number of rotatable bonds is 5. The van der Waals surface area contributed by atoms with E-state index in [1.54, 1.807) is 0 Å². The number of likely N-dealkylation sites (N-methyl/N-ethyl adjacent to an activating group) is 1. The van der Waals surface area contributed by atoms with Crippen LogP contribution in [0.15, 0.2) is 0 Å². The lowest BCUT2D eigenvalue weighted by Gasteiger charge is -2.12. The second kappa shape index (κ2) is 6.89. The highest BCUT2D eigenvalue weighted by molar-refractivity contribution is 7.34. The molecular weight excluding hydrogens is 150 g/mol. The van der Waals surface area contributed by atoms with Crippen LogP contribution in [0.2, 0.25) is 0 Å². The van der Waals surface area contributed by atoms with E-state index in [2.05, 4.69) is 30.1 Å². The van der Waals surface area contributed by atoms with Crippen molar-refractivity contribution in [2.24, 2.45) is 0 Å². The molecule has 0 heterocycles. The Morgan fingerprint density at radius 1 is 1.44 bits per heavy atom. The Labute approximate surface area is 61.5 Å². The zero-order valence-corrected chi connectivity index (χ0v) is 8.36. The number of nitrogens with one attached hydrogen (secondary N) is 1. The molecular formula is C5H16N2P2. The molecule has 9 heavy (non-hydrogen) atoms. The Morgan fingerprint density at radius 3 is 2.56 bits per heavy atom. The molecule has 0 aromatic carbocycles. The first-order valence-corrected chi connectivity index (χ1v) is 6.04. The van der Waals surface area contributed by atoms with Gasteiger partial charge in [0.15, 0.2) is 0 Å². The van der Waals surface area contributed by atoms with Crippen LogP contribution in [0.4, 0.5) is 0 Å². The van der Waals surface area contributed by atoms with E-state index < -0.39 is 0 Å². The molecule has 0 radical (unpaired) electrons. The summed E-state index contributed by atoms with van der Waals surface area (Å²) in [5.74, 6) is 0. The number of hydrogen-bond donors (Lipinski definition) is 1. The highest BCUT2D eigenvalue weighted by Gasteiger charge is 1.90. The molecule has 2 nitrogen and oxygen atoms in total. The maximum atomic E-state index is 3.30. The summed E-state index contributed by atoms with van der Waals surface area (Å²) in [7, 11) is 3.98. The summed E-state index contributed by atoms with van der Waals surface area (Å²) in [5, 5.41) is 3.30. The highest BCUT2D eigenvalue weighted by Crippen LogP contribution is 2.06. The molecule has 4 heteroatoms. The van der Waals surface area contributed by atoms with Crippen LogP contribution in [0, 0.1) is 0 Å². The van der Waals surface area contributed by atoms with Crippen LogP contribution < -0.4 is 5.09 Å². The van der Waals surface area contributed by atoms with Crippen molar-refractivity contribution in [2.45, 2.75) is 0 Å². The van der Waals surface area contributed by atoms with Gasteiger partial charge in [0.1, 0.15) is 0 Å². The van der Waals surface area contributed by atoms with E-state index in [1.165, 1.54) is 6.54 Å². The largest absolute Gasteiger partial charge is 0.297 e. The van der Waals surface area contributed by atoms with Gasteiger partial charge >= 0.3 is 0 Å².